The van der Waals surface area contributed by atoms with Crippen molar-refractivity contribution in [1.29, 1.82) is 0 Å². The normalized spacial score (nSPS) is 10.2. The van der Waals surface area contributed by atoms with E-state index in [-0.39, 0.29) is 6.54 Å². The van der Waals surface area contributed by atoms with Gasteiger partial charge in [0.2, 0.25) is 5.95 Å². The standard InChI is InChI=1S/C10H8BrN3O2S/c11-7-1-8(17-5-7)6-2-12-10(13-3-6)14-4-9(15)16/h1-3,5H,4H2,(H,15,16)(H,12,13,14). The van der Waals surface area contributed by atoms with Gasteiger partial charge in [0.25, 0.3) is 0 Å². The Morgan fingerprint density at radius 3 is 2.71 bits per heavy atom. The molecule has 0 saturated carbocycles. The quantitative estimate of drug-likeness (QED) is 0.907. The van der Waals surface area contributed by atoms with Crippen LogP contribution in [0.1, 0.15) is 0 Å². The average Bonchev–Trinajstić information content (AvgIpc) is 2.74. The van der Waals surface area contributed by atoms with Crippen molar-refractivity contribution < 1.29 is 9.90 Å². The van der Waals surface area contributed by atoms with E-state index in [1.54, 1.807) is 23.7 Å². The summed E-state index contributed by atoms with van der Waals surface area (Å²) in [6.45, 7) is -0.191. The number of halogens is 1. The number of nitrogens with one attached hydrogen (secondary N) is 1. The van der Waals surface area contributed by atoms with E-state index in [0.717, 1.165) is 14.9 Å². The second kappa shape index (κ2) is 5.24. The summed E-state index contributed by atoms with van der Waals surface area (Å²) in [5, 5.41) is 13.1. The van der Waals surface area contributed by atoms with Crippen molar-refractivity contribution in [3.63, 3.8) is 0 Å². The van der Waals surface area contributed by atoms with E-state index in [4.69, 9.17) is 5.11 Å². The van der Waals surface area contributed by atoms with Crippen molar-refractivity contribution in [3.05, 3.63) is 28.3 Å². The number of thiophene rings is 1. The number of carbonyl (C=O) groups is 1. The summed E-state index contributed by atoms with van der Waals surface area (Å²) in [7, 11) is 0. The molecule has 0 spiro atoms. The van der Waals surface area contributed by atoms with E-state index in [9.17, 15) is 4.79 Å². The molecule has 7 heteroatoms. The number of rotatable bonds is 4. The monoisotopic (exact) mass is 313 g/mol. The lowest BCUT2D eigenvalue weighted by atomic mass is 10.3. The highest BCUT2D eigenvalue weighted by molar-refractivity contribution is 9.10. The van der Waals surface area contributed by atoms with Crippen LogP contribution in [0.25, 0.3) is 10.4 Å². The first kappa shape index (κ1) is 12.0. The number of aliphatic carboxylic acids is 1. The molecule has 0 saturated heterocycles. The average molecular weight is 314 g/mol. The summed E-state index contributed by atoms with van der Waals surface area (Å²) in [5.41, 5.74) is 0.904. The van der Waals surface area contributed by atoms with E-state index in [2.05, 4.69) is 31.2 Å². The van der Waals surface area contributed by atoms with Crippen molar-refractivity contribution in [2.75, 3.05) is 11.9 Å². The number of anilines is 1. The molecule has 17 heavy (non-hydrogen) atoms. The molecule has 2 aromatic rings. The van der Waals surface area contributed by atoms with Crippen LogP contribution in [-0.4, -0.2) is 27.6 Å². The molecule has 88 valence electrons. The predicted molar refractivity (Wildman–Crippen MR) is 69.2 cm³/mol. The molecule has 0 amide bonds. The topological polar surface area (TPSA) is 75.1 Å². The summed E-state index contributed by atoms with van der Waals surface area (Å²) in [6.07, 6.45) is 3.32. The fraction of sp³-hybridized carbons (Fsp3) is 0.100. The van der Waals surface area contributed by atoms with Crippen LogP contribution in [0.3, 0.4) is 0 Å². The van der Waals surface area contributed by atoms with Gasteiger partial charge in [0.05, 0.1) is 0 Å². The van der Waals surface area contributed by atoms with Crippen LogP contribution in [-0.2, 0) is 4.79 Å². The van der Waals surface area contributed by atoms with Crippen LogP contribution in [0.4, 0.5) is 5.95 Å². The summed E-state index contributed by atoms with van der Waals surface area (Å²) in [4.78, 5) is 19.5. The van der Waals surface area contributed by atoms with Crippen LogP contribution in [0.5, 0.6) is 0 Å². The number of aromatic nitrogens is 2. The minimum atomic E-state index is -0.945. The van der Waals surface area contributed by atoms with E-state index in [1.807, 2.05) is 11.4 Å². The molecule has 0 radical (unpaired) electrons. The van der Waals surface area contributed by atoms with Gasteiger partial charge in [-0.3, -0.25) is 4.79 Å². The van der Waals surface area contributed by atoms with Gasteiger partial charge < -0.3 is 10.4 Å². The Morgan fingerprint density at radius 1 is 1.47 bits per heavy atom. The fourth-order valence-electron chi connectivity index (χ4n) is 1.17. The summed E-state index contributed by atoms with van der Waals surface area (Å²) < 4.78 is 1.02. The van der Waals surface area contributed by atoms with Crippen molar-refractivity contribution in [1.82, 2.24) is 9.97 Å². The Hall–Kier alpha value is -1.47. The van der Waals surface area contributed by atoms with Gasteiger partial charge in [-0.1, -0.05) is 0 Å². The zero-order valence-electron chi connectivity index (χ0n) is 8.55. The maximum absolute atomic E-state index is 10.3. The molecule has 5 nitrogen and oxygen atoms in total. The molecule has 0 aromatic carbocycles. The predicted octanol–water partition coefficient (Wildman–Crippen LogP) is 2.46. The lowest BCUT2D eigenvalue weighted by Crippen LogP contribution is -2.14. The summed E-state index contributed by atoms with van der Waals surface area (Å²) >= 11 is 4.96. The van der Waals surface area contributed by atoms with E-state index in [0.29, 0.717) is 5.95 Å². The van der Waals surface area contributed by atoms with Gasteiger partial charge in [-0.15, -0.1) is 11.3 Å². The molecular formula is C10H8BrN3O2S. The second-order valence-electron chi connectivity index (χ2n) is 3.17. The largest absolute Gasteiger partial charge is 0.480 e. The number of carboxylic acids is 1. The van der Waals surface area contributed by atoms with Gasteiger partial charge in [0.1, 0.15) is 6.54 Å². The Balaban J connectivity index is 2.10. The summed E-state index contributed by atoms with van der Waals surface area (Å²) in [5.74, 6) is -0.633. The molecule has 2 heterocycles. The fourth-order valence-corrected chi connectivity index (χ4v) is 2.57. The molecule has 2 aromatic heterocycles. The SMILES string of the molecule is O=C(O)CNc1ncc(-c2cc(Br)cs2)cn1. The maximum Gasteiger partial charge on any atom is 0.322 e. The Kier molecular flexibility index (Phi) is 3.70. The highest BCUT2D eigenvalue weighted by atomic mass is 79.9. The number of nitrogens with zero attached hydrogens (tertiary/aromatic N) is 2. The van der Waals surface area contributed by atoms with Gasteiger partial charge >= 0.3 is 5.97 Å². The first-order valence-electron chi connectivity index (χ1n) is 4.67. The van der Waals surface area contributed by atoms with Crippen LogP contribution < -0.4 is 5.32 Å². The second-order valence-corrected chi connectivity index (χ2v) is 5.00. The van der Waals surface area contributed by atoms with Crippen molar-refractivity contribution in [2.45, 2.75) is 0 Å². The van der Waals surface area contributed by atoms with Crippen LogP contribution in [0, 0.1) is 0 Å². The van der Waals surface area contributed by atoms with Gasteiger partial charge in [0, 0.05) is 32.7 Å². The lowest BCUT2D eigenvalue weighted by molar-refractivity contribution is -0.134. The first-order chi connectivity index (χ1) is 8.15. The van der Waals surface area contributed by atoms with Gasteiger partial charge in [-0.05, 0) is 22.0 Å². The molecule has 0 aliphatic carbocycles. The van der Waals surface area contributed by atoms with Crippen molar-refractivity contribution in [2.24, 2.45) is 0 Å². The molecule has 0 fully saturated rings. The summed E-state index contributed by atoms with van der Waals surface area (Å²) in [6, 6.07) is 1.98. The zero-order valence-corrected chi connectivity index (χ0v) is 11.0. The van der Waals surface area contributed by atoms with Crippen molar-refractivity contribution >= 4 is 39.2 Å². The zero-order chi connectivity index (χ0) is 12.3. The van der Waals surface area contributed by atoms with Crippen LogP contribution in [0.2, 0.25) is 0 Å². The molecule has 0 aliphatic heterocycles. The van der Waals surface area contributed by atoms with Gasteiger partial charge in [-0.25, -0.2) is 9.97 Å². The Bertz CT molecular complexity index is 527. The van der Waals surface area contributed by atoms with Gasteiger partial charge in [0.15, 0.2) is 0 Å². The van der Waals surface area contributed by atoms with Gasteiger partial charge in [-0.2, -0.15) is 0 Å². The Morgan fingerprint density at radius 2 is 2.18 bits per heavy atom. The third-order valence-electron chi connectivity index (χ3n) is 1.90. The minimum absolute atomic E-state index is 0.191. The molecular weight excluding hydrogens is 306 g/mol. The van der Waals surface area contributed by atoms with E-state index < -0.39 is 5.97 Å². The molecule has 0 atom stereocenters. The lowest BCUT2D eigenvalue weighted by Gasteiger charge is -2.01. The molecule has 0 unspecified atom stereocenters. The highest BCUT2D eigenvalue weighted by Gasteiger charge is 2.04. The van der Waals surface area contributed by atoms with Crippen molar-refractivity contribution in [3.8, 4) is 10.4 Å². The van der Waals surface area contributed by atoms with E-state index in [1.165, 1.54) is 0 Å². The molecule has 0 bridgehead atoms. The third-order valence-corrected chi connectivity index (χ3v) is 3.64. The number of hydrogen-bond acceptors (Lipinski definition) is 5. The third kappa shape index (κ3) is 3.24. The first-order valence-corrected chi connectivity index (χ1v) is 6.34. The van der Waals surface area contributed by atoms with Crippen LogP contribution in [0.15, 0.2) is 28.3 Å². The highest BCUT2D eigenvalue weighted by Crippen LogP contribution is 2.28. The van der Waals surface area contributed by atoms with Crippen LogP contribution >= 0.6 is 27.3 Å². The molecule has 2 N–H and O–H groups in total. The number of carboxylic acid groups (broad SMARTS) is 1. The molecule has 0 aliphatic rings. The number of hydrogen-bond donors (Lipinski definition) is 2. The smallest absolute Gasteiger partial charge is 0.322 e. The molecule has 2 rings (SSSR count). The Labute approximate surface area is 110 Å². The minimum Gasteiger partial charge on any atom is -0.480 e. The maximum atomic E-state index is 10.3. The van der Waals surface area contributed by atoms with E-state index >= 15 is 0 Å².